The molecule has 0 aliphatic carbocycles. The number of rotatable bonds is 7. The summed E-state index contributed by atoms with van der Waals surface area (Å²) in [7, 11) is 3.65. The fourth-order valence-corrected chi connectivity index (χ4v) is 1.87. The Hall–Kier alpha value is -2.01. The molecule has 0 unspecified atom stereocenters. The quantitative estimate of drug-likeness (QED) is 0.788. The average Bonchev–Trinajstić information content (AvgIpc) is 2.84. The van der Waals surface area contributed by atoms with Gasteiger partial charge >= 0.3 is 0 Å². The smallest absolute Gasteiger partial charge is 0.142 e. The van der Waals surface area contributed by atoms with E-state index in [2.05, 4.69) is 16.4 Å². The molecule has 0 saturated carbocycles. The van der Waals surface area contributed by atoms with Crippen molar-refractivity contribution >= 4 is 5.69 Å². The number of benzene rings is 1. The van der Waals surface area contributed by atoms with Crippen molar-refractivity contribution in [3.63, 3.8) is 0 Å². The molecule has 5 heteroatoms. The second-order valence-corrected chi connectivity index (χ2v) is 4.65. The zero-order chi connectivity index (χ0) is 14.4. The van der Waals surface area contributed by atoms with Gasteiger partial charge in [0.2, 0.25) is 0 Å². The number of ether oxygens (including phenoxy) is 2. The van der Waals surface area contributed by atoms with Gasteiger partial charge in [0, 0.05) is 26.6 Å². The number of nitrogens with zero attached hydrogens (tertiary/aromatic N) is 2. The first-order chi connectivity index (χ1) is 9.70. The maximum atomic E-state index is 5.74. The van der Waals surface area contributed by atoms with Crippen LogP contribution in [0.4, 0.5) is 5.69 Å². The van der Waals surface area contributed by atoms with Gasteiger partial charge < -0.3 is 19.4 Å². The van der Waals surface area contributed by atoms with Crippen LogP contribution in [0.1, 0.15) is 11.4 Å². The third-order valence-corrected chi connectivity index (χ3v) is 3.04. The van der Waals surface area contributed by atoms with E-state index in [1.54, 1.807) is 13.3 Å². The Balaban J connectivity index is 2.04. The lowest BCUT2D eigenvalue weighted by Crippen LogP contribution is -2.09. The lowest BCUT2D eigenvalue weighted by molar-refractivity contribution is 0.146. The Morgan fingerprint density at radius 1 is 1.30 bits per heavy atom. The van der Waals surface area contributed by atoms with E-state index in [1.165, 1.54) is 5.56 Å². The summed E-state index contributed by atoms with van der Waals surface area (Å²) in [4.78, 5) is 4.29. The molecular weight excluding hydrogens is 254 g/mol. The molecule has 5 nitrogen and oxygen atoms in total. The molecule has 2 rings (SSSR count). The van der Waals surface area contributed by atoms with Crippen LogP contribution < -0.4 is 10.1 Å². The Morgan fingerprint density at radius 2 is 2.15 bits per heavy atom. The van der Waals surface area contributed by atoms with Crippen LogP contribution in [-0.2, 0) is 18.3 Å². The highest BCUT2D eigenvalue weighted by atomic mass is 16.5. The summed E-state index contributed by atoms with van der Waals surface area (Å²) in [6.45, 7) is 3.82. The first-order valence-electron chi connectivity index (χ1n) is 6.63. The van der Waals surface area contributed by atoms with Crippen LogP contribution in [0, 0.1) is 6.92 Å². The number of hydrogen-bond donors (Lipinski definition) is 1. The van der Waals surface area contributed by atoms with Crippen molar-refractivity contribution in [2.24, 2.45) is 7.05 Å². The van der Waals surface area contributed by atoms with Crippen LogP contribution in [0.5, 0.6) is 5.75 Å². The maximum Gasteiger partial charge on any atom is 0.142 e. The lowest BCUT2D eigenvalue weighted by Gasteiger charge is -2.14. The number of anilines is 1. The van der Waals surface area contributed by atoms with Gasteiger partial charge in [0.25, 0.3) is 0 Å². The van der Waals surface area contributed by atoms with E-state index in [9.17, 15) is 0 Å². The molecule has 0 fully saturated rings. The molecule has 0 atom stereocenters. The Bertz CT molecular complexity index is 552. The number of hydrogen-bond acceptors (Lipinski definition) is 4. The van der Waals surface area contributed by atoms with E-state index >= 15 is 0 Å². The third kappa shape index (κ3) is 3.74. The van der Waals surface area contributed by atoms with E-state index in [1.807, 2.05) is 36.9 Å². The first kappa shape index (κ1) is 14.4. The highest BCUT2D eigenvalue weighted by Gasteiger charge is 2.06. The second-order valence-electron chi connectivity index (χ2n) is 4.65. The van der Waals surface area contributed by atoms with Gasteiger partial charge in [-0.2, -0.15) is 0 Å². The lowest BCUT2D eigenvalue weighted by atomic mass is 10.2. The fraction of sp³-hybridized carbons (Fsp3) is 0.400. The molecule has 0 saturated heterocycles. The molecule has 2 aromatic rings. The van der Waals surface area contributed by atoms with Gasteiger partial charge in [0.05, 0.1) is 18.8 Å². The van der Waals surface area contributed by atoms with Crippen molar-refractivity contribution in [2.45, 2.75) is 13.5 Å². The maximum absolute atomic E-state index is 5.74. The molecule has 20 heavy (non-hydrogen) atoms. The van der Waals surface area contributed by atoms with Crippen LogP contribution in [0.15, 0.2) is 30.6 Å². The number of aromatic nitrogens is 2. The normalized spacial score (nSPS) is 10.6. The minimum atomic E-state index is 0.539. The van der Waals surface area contributed by atoms with Gasteiger partial charge in [-0.15, -0.1) is 0 Å². The largest absolute Gasteiger partial charge is 0.489 e. The molecule has 108 valence electrons. The molecule has 1 heterocycles. The SMILES string of the molecule is COCCOc1cc(C)ccc1NCc1nccn1C. The van der Waals surface area contributed by atoms with Crippen LogP contribution in [-0.4, -0.2) is 29.9 Å². The van der Waals surface area contributed by atoms with Crippen molar-refractivity contribution in [2.75, 3.05) is 25.6 Å². The van der Waals surface area contributed by atoms with Crippen molar-refractivity contribution in [1.29, 1.82) is 0 Å². The molecule has 0 bridgehead atoms. The van der Waals surface area contributed by atoms with Gasteiger partial charge in [-0.25, -0.2) is 4.98 Å². The molecular formula is C15H21N3O2. The van der Waals surface area contributed by atoms with E-state index in [0.29, 0.717) is 19.8 Å². The average molecular weight is 275 g/mol. The van der Waals surface area contributed by atoms with Gasteiger partial charge in [-0.3, -0.25) is 0 Å². The van der Waals surface area contributed by atoms with Crippen molar-refractivity contribution in [3.8, 4) is 5.75 Å². The van der Waals surface area contributed by atoms with Crippen LogP contribution in [0.2, 0.25) is 0 Å². The molecule has 0 radical (unpaired) electrons. The number of nitrogens with one attached hydrogen (secondary N) is 1. The number of imidazole rings is 1. The summed E-state index contributed by atoms with van der Waals surface area (Å²) in [6.07, 6.45) is 3.73. The van der Waals surface area contributed by atoms with Crippen LogP contribution >= 0.6 is 0 Å². The zero-order valence-electron chi connectivity index (χ0n) is 12.2. The van der Waals surface area contributed by atoms with E-state index in [4.69, 9.17) is 9.47 Å². The molecule has 0 aliphatic heterocycles. The number of aryl methyl sites for hydroxylation is 2. The van der Waals surface area contributed by atoms with Gasteiger partial charge in [-0.05, 0) is 24.6 Å². The van der Waals surface area contributed by atoms with Crippen molar-refractivity contribution < 1.29 is 9.47 Å². The fourth-order valence-electron chi connectivity index (χ4n) is 1.87. The van der Waals surface area contributed by atoms with Crippen molar-refractivity contribution in [3.05, 3.63) is 42.0 Å². The summed E-state index contributed by atoms with van der Waals surface area (Å²) < 4.78 is 12.7. The van der Waals surface area contributed by atoms with Crippen LogP contribution in [0.25, 0.3) is 0 Å². The summed E-state index contributed by atoms with van der Waals surface area (Å²) >= 11 is 0. The van der Waals surface area contributed by atoms with E-state index in [0.717, 1.165) is 17.3 Å². The first-order valence-corrected chi connectivity index (χ1v) is 6.63. The van der Waals surface area contributed by atoms with E-state index < -0.39 is 0 Å². The summed E-state index contributed by atoms with van der Waals surface area (Å²) in [5.74, 6) is 1.82. The highest BCUT2D eigenvalue weighted by Crippen LogP contribution is 2.26. The number of methoxy groups -OCH3 is 1. The molecule has 0 amide bonds. The van der Waals surface area contributed by atoms with Gasteiger partial charge in [0.1, 0.15) is 18.2 Å². The molecule has 1 N–H and O–H groups in total. The predicted octanol–water partition coefficient (Wildman–Crippen LogP) is 2.37. The molecule has 1 aromatic heterocycles. The highest BCUT2D eigenvalue weighted by molar-refractivity contribution is 5.57. The predicted molar refractivity (Wildman–Crippen MR) is 79.1 cm³/mol. The van der Waals surface area contributed by atoms with Crippen LogP contribution in [0.3, 0.4) is 0 Å². The zero-order valence-corrected chi connectivity index (χ0v) is 12.2. The van der Waals surface area contributed by atoms with Gasteiger partial charge in [-0.1, -0.05) is 6.07 Å². The molecule has 0 spiro atoms. The summed E-state index contributed by atoms with van der Waals surface area (Å²) in [5.41, 5.74) is 2.13. The van der Waals surface area contributed by atoms with Gasteiger partial charge in [0.15, 0.2) is 0 Å². The minimum Gasteiger partial charge on any atom is -0.489 e. The Labute approximate surface area is 119 Å². The molecule has 0 aliphatic rings. The third-order valence-electron chi connectivity index (χ3n) is 3.04. The van der Waals surface area contributed by atoms with E-state index in [-0.39, 0.29) is 0 Å². The summed E-state index contributed by atoms with van der Waals surface area (Å²) in [6, 6.07) is 6.11. The Morgan fingerprint density at radius 3 is 2.85 bits per heavy atom. The Kier molecular flexibility index (Phi) is 5.01. The second kappa shape index (κ2) is 6.96. The van der Waals surface area contributed by atoms with Crippen molar-refractivity contribution in [1.82, 2.24) is 9.55 Å². The monoisotopic (exact) mass is 275 g/mol. The standard InChI is InChI=1S/C15H21N3O2/c1-12-4-5-13(14(10-12)20-9-8-19-3)17-11-15-16-6-7-18(15)2/h4-7,10,17H,8-9,11H2,1-3H3. The topological polar surface area (TPSA) is 48.3 Å². The molecule has 1 aromatic carbocycles. The summed E-state index contributed by atoms with van der Waals surface area (Å²) in [5, 5.41) is 3.36. The minimum absolute atomic E-state index is 0.539.